The van der Waals surface area contributed by atoms with Crippen molar-refractivity contribution in [2.75, 3.05) is 26.6 Å². The van der Waals surface area contributed by atoms with Crippen molar-refractivity contribution in [3.63, 3.8) is 0 Å². The third-order valence-electron chi connectivity index (χ3n) is 4.40. The smallest absolute Gasteiger partial charge is 0.180 e. The maximum Gasteiger partial charge on any atom is 0.180 e. The Kier molecular flexibility index (Phi) is 9.42. The van der Waals surface area contributed by atoms with Crippen molar-refractivity contribution in [3.05, 3.63) is 67.2 Å². The molecule has 0 aliphatic carbocycles. The number of anilines is 1. The van der Waals surface area contributed by atoms with Gasteiger partial charge in [0.15, 0.2) is 5.82 Å². The van der Waals surface area contributed by atoms with Gasteiger partial charge in [0.2, 0.25) is 0 Å². The molecule has 3 aromatic rings. The Morgan fingerprint density at radius 2 is 1.69 bits per heavy atom. The molecule has 0 unspecified atom stereocenters. The number of ether oxygens (including phenoxy) is 2. The van der Waals surface area contributed by atoms with Crippen molar-refractivity contribution in [1.29, 1.82) is 0 Å². The van der Waals surface area contributed by atoms with Crippen LogP contribution in [-0.2, 0) is 0 Å². The Morgan fingerprint density at radius 1 is 1.03 bits per heavy atom. The quantitative estimate of drug-likeness (QED) is 0.445. The summed E-state index contributed by atoms with van der Waals surface area (Å²) in [5, 5.41) is 4.06. The minimum Gasteiger partial charge on any atom is -0.497 e. The normalized spacial score (nSPS) is 11.1. The summed E-state index contributed by atoms with van der Waals surface area (Å²) in [6.45, 7) is 9.99. The van der Waals surface area contributed by atoms with Gasteiger partial charge in [-0.1, -0.05) is 39.0 Å². The lowest BCUT2D eigenvalue weighted by atomic mass is 10.0. The first kappa shape index (κ1) is 24.6. The first-order valence-corrected chi connectivity index (χ1v) is 10.6. The number of hydrogen-bond donors (Lipinski definition) is 1. The van der Waals surface area contributed by atoms with Crippen molar-refractivity contribution < 1.29 is 9.47 Å². The van der Waals surface area contributed by atoms with E-state index in [-0.39, 0.29) is 0 Å². The van der Waals surface area contributed by atoms with Crippen LogP contribution in [0.2, 0.25) is 0 Å². The lowest BCUT2D eigenvalue weighted by Crippen LogP contribution is -2.07. The minimum absolute atomic E-state index is 0.510. The first-order valence-electron chi connectivity index (χ1n) is 10.6. The minimum atomic E-state index is 0.510. The summed E-state index contributed by atoms with van der Waals surface area (Å²) in [6, 6.07) is 11.8. The highest BCUT2D eigenvalue weighted by molar-refractivity contribution is 6.08. The van der Waals surface area contributed by atoms with Crippen LogP contribution in [-0.4, -0.2) is 36.9 Å². The topological polar surface area (TPSA) is 68.6 Å². The van der Waals surface area contributed by atoms with Crippen LogP contribution in [0.4, 0.5) is 5.82 Å². The summed E-state index contributed by atoms with van der Waals surface area (Å²) < 4.78 is 10.8. The average molecular weight is 433 g/mol. The second-order valence-electron chi connectivity index (χ2n) is 6.89. The number of fused-ring (bicyclic) bond motifs is 1. The van der Waals surface area contributed by atoms with Crippen molar-refractivity contribution in [1.82, 2.24) is 9.97 Å². The van der Waals surface area contributed by atoms with Gasteiger partial charge in [-0.25, -0.2) is 9.97 Å². The third-order valence-corrected chi connectivity index (χ3v) is 4.40. The molecule has 0 saturated carbocycles. The largest absolute Gasteiger partial charge is 0.497 e. The fourth-order valence-electron chi connectivity index (χ4n) is 2.94. The zero-order chi connectivity index (χ0) is 23.5. The summed E-state index contributed by atoms with van der Waals surface area (Å²) in [5.41, 5.74) is 3.37. The maximum absolute atomic E-state index is 5.40. The van der Waals surface area contributed by atoms with Gasteiger partial charge in [-0.15, -0.1) is 0 Å². The highest BCUT2D eigenvalue weighted by Gasteiger charge is 2.12. The maximum atomic E-state index is 5.40. The lowest BCUT2D eigenvalue weighted by molar-refractivity contribution is 0.394. The zero-order valence-electron chi connectivity index (χ0n) is 19.8. The molecule has 0 spiro atoms. The predicted octanol–water partition coefficient (Wildman–Crippen LogP) is 6.28. The highest BCUT2D eigenvalue weighted by Crippen LogP contribution is 2.32. The first-order chi connectivity index (χ1) is 15.5. The second-order valence-corrected chi connectivity index (χ2v) is 6.89. The number of hydrogen-bond acceptors (Lipinski definition) is 6. The molecule has 1 aromatic heterocycles. The van der Waals surface area contributed by atoms with Gasteiger partial charge in [-0.05, 0) is 48.4 Å². The summed E-state index contributed by atoms with van der Waals surface area (Å²) >= 11 is 0. The number of nitrogens with zero attached hydrogens (tertiary/aromatic N) is 3. The van der Waals surface area contributed by atoms with Crippen LogP contribution >= 0.6 is 0 Å². The van der Waals surface area contributed by atoms with E-state index in [1.165, 1.54) is 6.42 Å². The highest BCUT2D eigenvalue weighted by atomic mass is 16.5. The summed E-state index contributed by atoms with van der Waals surface area (Å²) in [7, 11) is 5.11. The second kappa shape index (κ2) is 12.2. The number of aliphatic imine (C=N–C) groups is 1. The van der Waals surface area contributed by atoms with E-state index >= 15 is 0 Å². The van der Waals surface area contributed by atoms with Crippen molar-refractivity contribution in [3.8, 4) is 22.6 Å². The Morgan fingerprint density at radius 3 is 2.22 bits per heavy atom. The predicted molar refractivity (Wildman–Crippen MR) is 135 cm³/mol. The molecular formula is C26H32N4O2. The molecule has 6 nitrogen and oxygen atoms in total. The van der Waals surface area contributed by atoms with E-state index in [9.17, 15) is 0 Å². The van der Waals surface area contributed by atoms with Gasteiger partial charge in [0, 0.05) is 24.7 Å². The van der Waals surface area contributed by atoms with Gasteiger partial charge in [0.05, 0.1) is 19.7 Å². The SMILES string of the molecule is C=CC(=N/C=C\C)c1nc(NC)c2ccc(-c3cc(OC)cc(OC)c3)cc2n1.CCC. The Labute approximate surface area is 190 Å². The van der Waals surface area contributed by atoms with Crippen LogP contribution in [0.25, 0.3) is 22.0 Å². The molecule has 168 valence electrons. The molecule has 0 saturated heterocycles. The molecule has 0 fully saturated rings. The monoisotopic (exact) mass is 432 g/mol. The van der Waals surface area contributed by atoms with Gasteiger partial charge in [-0.2, -0.15) is 0 Å². The van der Waals surface area contributed by atoms with Crippen LogP contribution in [0.3, 0.4) is 0 Å². The van der Waals surface area contributed by atoms with Crippen LogP contribution in [0, 0.1) is 0 Å². The summed E-state index contributed by atoms with van der Waals surface area (Å²) in [6.07, 6.45) is 6.44. The molecule has 0 radical (unpaired) electrons. The number of nitrogens with one attached hydrogen (secondary N) is 1. The standard InChI is InChI=1S/C23H24N4O2.C3H8/c1-6-10-25-20(7-2)23-26-21-13-15(8-9-19(21)22(24-3)27-23)16-11-17(28-4)14-18(12-16)29-5;1-3-2/h6-14H,2H2,1,3-5H3,(H,24,26,27);3H2,1-2H3/b10-6-,25-20?;. The van der Waals surface area contributed by atoms with Crippen LogP contribution < -0.4 is 14.8 Å². The molecule has 0 amide bonds. The molecule has 0 bridgehead atoms. The van der Waals surface area contributed by atoms with E-state index in [1.54, 1.807) is 26.5 Å². The lowest BCUT2D eigenvalue weighted by Gasteiger charge is -2.11. The molecule has 2 aromatic carbocycles. The van der Waals surface area contributed by atoms with Crippen molar-refractivity contribution in [2.24, 2.45) is 4.99 Å². The van der Waals surface area contributed by atoms with Crippen LogP contribution in [0.1, 0.15) is 33.0 Å². The van der Waals surface area contributed by atoms with E-state index in [0.717, 1.165) is 39.3 Å². The third kappa shape index (κ3) is 5.94. The molecule has 0 atom stereocenters. The van der Waals surface area contributed by atoms with Gasteiger partial charge in [-0.3, -0.25) is 4.99 Å². The van der Waals surface area contributed by atoms with E-state index < -0.39 is 0 Å². The zero-order valence-corrected chi connectivity index (χ0v) is 19.8. The van der Waals surface area contributed by atoms with Crippen LogP contribution in [0.5, 0.6) is 11.5 Å². The molecule has 3 rings (SSSR count). The molecule has 6 heteroatoms. The van der Waals surface area contributed by atoms with Crippen molar-refractivity contribution in [2.45, 2.75) is 27.2 Å². The van der Waals surface area contributed by atoms with Gasteiger partial charge in [0.1, 0.15) is 23.0 Å². The molecule has 32 heavy (non-hydrogen) atoms. The molecule has 1 N–H and O–H groups in total. The Balaban J connectivity index is 0.00000114. The van der Waals surface area contributed by atoms with Crippen molar-refractivity contribution >= 4 is 22.4 Å². The van der Waals surface area contributed by atoms with E-state index in [4.69, 9.17) is 14.5 Å². The molecular weight excluding hydrogens is 400 g/mol. The fourth-order valence-corrected chi connectivity index (χ4v) is 2.94. The Bertz CT molecular complexity index is 1100. The number of rotatable bonds is 7. The molecule has 0 aliphatic heterocycles. The van der Waals surface area contributed by atoms with Crippen LogP contribution in [0.15, 0.2) is 66.3 Å². The summed E-state index contributed by atoms with van der Waals surface area (Å²) in [4.78, 5) is 13.7. The average Bonchev–Trinajstić information content (AvgIpc) is 2.83. The molecule has 1 heterocycles. The number of methoxy groups -OCH3 is 2. The fraction of sp³-hybridized carbons (Fsp3) is 0.269. The summed E-state index contributed by atoms with van der Waals surface area (Å²) in [5.74, 6) is 2.70. The van der Waals surface area contributed by atoms with E-state index in [0.29, 0.717) is 11.5 Å². The van der Waals surface area contributed by atoms with Gasteiger partial charge < -0.3 is 14.8 Å². The van der Waals surface area contributed by atoms with Gasteiger partial charge in [0.25, 0.3) is 0 Å². The van der Waals surface area contributed by atoms with Gasteiger partial charge >= 0.3 is 0 Å². The Hall–Kier alpha value is -3.67. The van der Waals surface area contributed by atoms with E-state index in [2.05, 4.69) is 35.7 Å². The molecule has 0 aliphatic rings. The number of aromatic nitrogens is 2. The number of allylic oxidation sites excluding steroid dienone is 2. The number of benzene rings is 2. The van der Waals surface area contributed by atoms with E-state index in [1.807, 2.05) is 56.4 Å².